The predicted molar refractivity (Wildman–Crippen MR) is 96.1 cm³/mol. The fourth-order valence-corrected chi connectivity index (χ4v) is 2.91. The van der Waals surface area contributed by atoms with Gasteiger partial charge in [0.05, 0.1) is 12.7 Å². The van der Waals surface area contributed by atoms with Gasteiger partial charge in [-0.1, -0.05) is 0 Å². The van der Waals surface area contributed by atoms with Gasteiger partial charge in [0.2, 0.25) is 5.91 Å². The molecular formula is C18H24N4O4. The number of hydrogen-bond acceptors (Lipinski definition) is 6. The highest BCUT2D eigenvalue weighted by Crippen LogP contribution is 2.12. The number of rotatable bonds is 6. The van der Waals surface area contributed by atoms with Crippen molar-refractivity contribution in [3.8, 4) is 0 Å². The Labute approximate surface area is 151 Å². The Bertz CT molecular complexity index is 814. The minimum atomic E-state index is -0.190. The quantitative estimate of drug-likeness (QED) is 0.825. The standard InChI is InChI=1S/C18H24N4O4/c1-13-3-4-14(26-13)5-6-16(23)22-9-10-25-15(12-22)11-20-17-18(24)21(2)8-7-19-17/h3-4,7-8,15H,5-6,9-12H2,1-2H3,(H,19,20)/t15-/m0/s1. The van der Waals surface area contributed by atoms with Crippen LogP contribution in [0, 0.1) is 6.92 Å². The Morgan fingerprint density at radius 2 is 2.27 bits per heavy atom. The van der Waals surface area contributed by atoms with Gasteiger partial charge in [0, 0.05) is 51.9 Å². The SMILES string of the molecule is Cc1ccc(CCC(=O)N2CCO[C@@H](CNc3nccn(C)c3=O)C2)o1. The zero-order chi connectivity index (χ0) is 18.5. The van der Waals surface area contributed by atoms with Crippen molar-refractivity contribution in [2.24, 2.45) is 7.05 Å². The van der Waals surface area contributed by atoms with Gasteiger partial charge >= 0.3 is 0 Å². The van der Waals surface area contributed by atoms with Crippen molar-refractivity contribution in [3.63, 3.8) is 0 Å². The van der Waals surface area contributed by atoms with Crippen LogP contribution in [0.2, 0.25) is 0 Å². The second kappa shape index (κ2) is 8.18. The number of carbonyl (C=O) groups excluding carboxylic acids is 1. The summed E-state index contributed by atoms with van der Waals surface area (Å²) in [6.45, 7) is 3.87. The zero-order valence-corrected chi connectivity index (χ0v) is 15.1. The first kappa shape index (κ1) is 18.2. The van der Waals surface area contributed by atoms with Gasteiger partial charge in [0.25, 0.3) is 5.56 Å². The minimum absolute atomic E-state index is 0.0844. The molecule has 1 amide bonds. The molecule has 2 aromatic heterocycles. The van der Waals surface area contributed by atoms with Crippen molar-refractivity contribution >= 4 is 11.7 Å². The highest BCUT2D eigenvalue weighted by atomic mass is 16.5. The minimum Gasteiger partial charge on any atom is -0.466 e. The van der Waals surface area contributed by atoms with E-state index in [0.717, 1.165) is 11.5 Å². The molecule has 3 rings (SSSR count). The monoisotopic (exact) mass is 360 g/mol. The third-order valence-corrected chi connectivity index (χ3v) is 4.39. The number of furan rings is 1. The number of aryl methyl sites for hydroxylation is 3. The molecule has 2 aromatic rings. The van der Waals surface area contributed by atoms with Crippen LogP contribution in [0.4, 0.5) is 5.82 Å². The molecule has 8 nitrogen and oxygen atoms in total. The third-order valence-electron chi connectivity index (χ3n) is 4.39. The lowest BCUT2D eigenvalue weighted by atomic mass is 10.2. The summed E-state index contributed by atoms with van der Waals surface area (Å²) in [6, 6.07) is 3.81. The Morgan fingerprint density at radius 1 is 1.42 bits per heavy atom. The van der Waals surface area contributed by atoms with Gasteiger partial charge < -0.3 is 23.9 Å². The summed E-state index contributed by atoms with van der Waals surface area (Å²) >= 11 is 0. The van der Waals surface area contributed by atoms with E-state index < -0.39 is 0 Å². The number of anilines is 1. The van der Waals surface area contributed by atoms with Gasteiger partial charge in [-0.2, -0.15) is 0 Å². The Kier molecular flexibility index (Phi) is 5.72. The Morgan fingerprint density at radius 3 is 3.04 bits per heavy atom. The summed E-state index contributed by atoms with van der Waals surface area (Å²) in [7, 11) is 1.67. The van der Waals surface area contributed by atoms with E-state index in [0.29, 0.717) is 39.1 Å². The summed E-state index contributed by atoms with van der Waals surface area (Å²) in [5.41, 5.74) is -0.190. The van der Waals surface area contributed by atoms with Crippen LogP contribution < -0.4 is 10.9 Å². The number of ether oxygens (including phenoxy) is 1. The molecule has 0 aliphatic carbocycles. The second-order valence-corrected chi connectivity index (χ2v) is 6.42. The predicted octanol–water partition coefficient (Wildman–Crippen LogP) is 0.954. The lowest BCUT2D eigenvalue weighted by molar-refractivity contribution is -0.138. The van der Waals surface area contributed by atoms with Crippen LogP contribution in [0.1, 0.15) is 17.9 Å². The topological polar surface area (TPSA) is 89.6 Å². The number of nitrogens with zero attached hydrogens (tertiary/aromatic N) is 3. The maximum absolute atomic E-state index is 12.4. The molecule has 1 aliphatic rings. The van der Waals surface area contributed by atoms with Crippen LogP contribution in [0.3, 0.4) is 0 Å². The molecular weight excluding hydrogens is 336 g/mol. The summed E-state index contributed by atoms with van der Waals surface area (Å²) in [6.07, 6.45) is 4.00. The summed E-state index contributed by atoms with van der Waals surface area (Å²) in [4.78, 5) is 30.3. The van der Waals surface area contributed by atoms with Crippen molar-refractivity contribution < 1.29 is 13.9 Å². The molecule has 0 spiro atoms. The maximum atomic E-state index is 12.4. The lowest BCUT2D eigenvalue weighted by Gasteiger charge is -2.33. The fourth-order valence-electron chi connectivity index (χ4n) is 2.91. The van der Waals surface area contributed by atoms with Crippen LogP contribution >= 0.6 is 0 Å². The van der Waals surface area contributed by atoms with E-state index in [2.05, 4.69) is 10.3 Å². The molecule has 140 valence electrons. The first-order chi connectivity index (χ1) is 12.5. The lowest BCUT2D eigenvalue weighted by Crippen LogP contribution is -2.48. The normalized spacial score (nSPS) is 17.3. The van der Waals surface area contributed by atoms with Gasteiger partial charge in [-0.3, -0.25) is 9.59 Å². The third kappa shape index (κ3) is 4.51. The van der Waals surface area contributed by atoms with Crippen LogP contribution in [-0.4, -0.2) is 52.7 Å². The average molecular weight is 360 g/mol. The summed E-state index contributed by atoms with van der Waals surface area (Å²) in [5, 5.41) is 3.02. The largest absolute Gasteiger partial charge is 0.466 e. The molecule has 3 heterocycles. The van der Waals surface area contributed by atoms with Crippen molar-refractivity contribution in [3.05, 3.63) is 46.4 Å². The first-order valence-corrected chi connectivity index (χ1v) is 8.73. The van der Waals surface area contributed by atoms with Crippen LogP contribution in [-0.2, 0) is 23.0 Å². The van der Waals surface area contributed by atoms with Gasteiger partial charge in [0.15, 0.2) is 5.82 Å². The highest BCUT2D eigenvalue weighted by molar-refractivity contribution is 5.76. The van der Waals surface area contributed by atoms with Gasteiger partial charge in [-0.05, 0) is 19.1 Å². The molecule has 1 N–H and O–H groups in total. The van der Waals surface area contributed by atoms with E-state index in [1.54, 1.807) is 19.4 Å². The van der Waals surface area contributed by atoms with Crippen molar-refractivity contribution in [1.29, 1.82) is 0 Å². The molecule has 26 heavy (non-hydrogen) atoms. The van der Waals surface area contributed by atoms with E-state index in [1.165, 1.54) is 4.57 Å². The molecule has 1 fully saturated rings. The van der Waals surface area contributed by atoms with Crippen molar-refractivity contribution in [1.82, 2.24) is 14.5 Å². The van der Waals surface area contributed by atoms with E-state index in [9.17, 15) is 9.59 Å². The summed E-state index contributed by atoms with van der Waals surface area (Å²) < 4.78 is 12.7. The molecule has 0 unspecified atom stereocenters. The number of morpholine rings is 1. The zero-order valence-electron chi connectivity index (χ0n) is 15.1. The second-order valence-electron chi connectivity index (χ2n) is 6.42. The van der Waals surface area contributed by atoms with Crippen LogP contribution in [0.5, 0.6) is 0 Å². The van der Waals surface area contributed by atoms with Crippen molar-refractivity contribution in [2.75, 3.05) is 31.6 Å². The summed E-state index contributed by atoms with van der Waals surface area (Å²) in [5.74, 6) is 2.05. The molecule has 0 aromatic carbocycles. The number of hydrogen-bond donors (Lipinski definition) is 1. The van der Waals surface area contributed by atoms with Gasteiger partial charge in [-0.25, -0.2) is 4.98 Å². The molecule has 0 radical (unpaired) electrons. The molecule has 0 saturated carbocycles. The average Bonchev–Trinajstić information content (AvgIpc) is 3.06. The number of nitrogens with one attached hydrogen (secondary N) is 1. The van der Waals surface area contributed by atoms with E-state index >= 15 is 0 Å². The van der Waals surface area contributed by atoms with E-state index in [4.69, 9.17) is 9.15 Å². The highest BCUT2D eigenvalue weighted by Gasteiger charge is 2.24. The van der Waals surface area contributed by atoms with Gasteiger partial charge in [0.1, 0.15) is 11.5 Å². The smallest absolute Gasteiger partial charge is 0.293 e. The first-order valence-electron chi connectivity index (χ1n) is 8.73. The number of amides is 1. The van der Waals surface area contributed by atoms with E-state index in [-0.39, 0.29) is 23.4 Å². The molecule has 1 aliphatic heterocycles. The maximum Gasteiger partial charge on any atom is 0.293 e. The van der Waals surface area contributed by atoms with E-state index in [1.807, 2.05) is 24.0 Å². The Hall–Kier alpha value is -2.61. The number of aromatic nitrogens is 2. The van der Waals surface area contributed by atoms with Gasteiger partial charge in [-0.15, -0.1) is 0 Å². The fraction of sp³-hybridized carbons (Fsp3) is 0.500. The van der Waals surface area contributed by atoms with Crippen LogP contribution in [0.25, 0.3) is 0 Å². The van der Waals surface area contributed by atoms with Crippen LogP contribution in [0.15, 0.2) is 33.7 Å². The molecule has 8 heteroatoms. The van der Waals surface area contributed by atoms with Crippen molar-refractivity contribution in [2.45, 2.75) is 25.9 Å². The Balaban J connectivity index is 1.49. The molecule has 1 saturated heterocycles. The molecule has 1 atom stereocenters. The number of carbonyl (C=O) groups is 1. The molecule has 0 bridgehead atoms.